The fourth-order valence-corrected chi connectivity index (χ4v) is 4.78. The average molecular weight is 478 g/mol. The molecule has 1 amide bonds. The summed E-state index contributed by atoms with van der Waals surface area (Å²) in [4.78, 5) is 18.5. The molecule has 2 aromatic carbocycles. The van der Waals surface area contributed by atoms with Gasteiger partial charge in [0.25, 0.3) is 5.91 Å². The molecule has 3 N–H and O–H groups in total. The van der Waals surface area contributed by atoms with Crippen LogP contribution in [0.5, 0.6) is 0 Å². The highest BCUT2D eigenvalue weighted by molar-refractivity contribution is 7.92. The molecule has 8 heteroatoms. The smallest absolute Gasteiger partial charge is 0.254 e. The number of aliphatic hydroxyl groups is 1. The number of hydrogen-bond acceptors (Lipinski definition) is 5. The molecule has 0 radical (unpaired) electrons. The minimum absolute atomic E-state index is 0.0954. The number of sulfonamides is 1. The number of hydrogen-bond donors (Lipinski definition) is 3. The lowest BCUT2D eigenvalue weighted by molar-refractivity contribution is 0.0814. The van der Waals surface area contributed by atoms with Crippen molar-refractivity contribution in [2.24, 2.45) is 5.92 Å². The van der Waals surface area contributed by atoms with Crippen molar-refractivity contribution in [1.82, 2.24) is 10.3 Å². The molecule has 0 fully saturated rings. The lowest BCUT2D eigenvalue weighted by atomic mass is 9.89. The summed E-state index contributed by atoms with van der Waals surface area (Å²) < 4.78 is 27.2. The first-order valence-corrected chi connectivity index (χ1v) is 12.9. The predicted octanol–water partition coefficient (Wildman–Crippen LogP) is 3.88. The molecule has 176 valence electrons. The molecule has 1 aromatic heterocycles. The van der Waals surface area contributed by atoms with Gasteiger partial charge in [0.1, 0.15) is 0 Å². The summed E-state index contributed by atoms with van der Waals surface area (Å²) in [5.41, 5.74) is 1.84. The number of allylic oxidation sites excluding steroid dienone is 3. The van der Waals surface area contributed by atoms with E-state index in [-0.39, 0.29) is 17.2 Å². The third-order valence-corrected chi connectivity index (χ3v) is 6.32. The Balaban J connectivity index is 1.90. The van der Waals surface area contributed by atoms with Crippen LogP contribution in [0.4, 0.5) is 5.69 Å². The predicted molar refractivity (Wildman–Crippen MR) is 135 cm³/mol. The van der Waals surface area contributed by atoms with Gasteiger partial charge in [-0.3, -0.25) is 9.52 Å². The Hall–Kier alpha value is -3.49. The maximum atomic E-state index is 13.8. The molecule has 0 aliphatic heterocycles. The van der Waals surface area contributed by atoms with Crippen LogP contribution < -0.4 is 10.0 Å². The number of aliphatic hydroxyl groups excluding tert-OH is 1. The van der Waals surface area contributed by atoms with E-state index >= 15 is 0 Å². The highest BCUT2D eigenvalue weighted by Gasteiger charge is 2.29. The van der Waals surface area contributed by atoms with Crippen LogP contribution in [0.3, 0.4) is 0 Å². The number of pyridine rings is 1. The van der Waals surface area contributed by atoms with Crippen LogP contribution in [0.25, 0.3) is 22.2 Å². The van der Waals surface area contributed by atoms with Gasteiger partial charge in [0.15, 0.2) is 0 Å². The molecule has 1 unspecified atom stereocenters. The van der Waals surface area contributed by atoms with Crippen molar-refractivity contribution in [3.63, 3.8) is 0 Å². The summed E-state index contributed by atoms with van der Waals surface area (Å²) in [7, 11) is -3.74. The van der Waals surface area contributed by atoms with E-state index in [9.17, 15) is 18.3 Å². The zero-order chi connectivity index (χ0) is 24.3. The van der Waals surface area contributed by atoms with Gasteiger partial charge in [0.2, 0.25) is 10.0 Å². The van der Waals surface area contributed by atoms with Gasteiger partial charge in [-0.15, -0.1) is 0 Å². The molecule has 0 spiro atoms. The molecule has 7 nitrogen and oxygen atoms in total. The summed E-state index contributed by atoms with van der Waals surface area (Å²) in [5.74, 6) is -0.585. The summed E-state index contributed by atoms with van der Waals surface area (Å²) in [6.07, 6.45) is 8.64. The van der Waals surface area contributed by atoms with Gasteiger partial charge in [-0.05, 0) is 19.4 Å². The van der Waals surface area contributed by atoms with E-state index in [1.165, 1.54) is 0 Å². The van der Waals surface area contributed by atoms with Gasteiger partial charge in [0, 0.05) is 16.9 Å². The van der Waals surface area contributed by atoms with Crippen LogP contribution in [0, 0.1) is 5.92 Å². The van der Waals surface area contributed by atoms with E-state index in [1.807, 2.05) is 60.7 Å². The van der Waals surface area contributed by atoms with Crippen molar-refractivity contribution < 1.29 is 18.3 Å². The Morgan fingerprint density at radius 1 is 1.09 bits per heavy atom. The second kappa shape index (κ2) is 9.79. The maximum Gasteiger partial charge on any atom is 0.254 e. The standard InChI is InChI=1S/C26H27N3O4S/c1-17(30)23(18-11-5-3-6-12-18)28-26(31)22-20-15-9-10-16-21(20)27-24(19-13-7-4-8-14-19)25(22)29-34(2,32)33/h3-11,13-18,23,29-30H,12H2,1-2H3,(H,28,31)/t17-,18?,23-/m0/s1. The van der Waals surface area contributed by atoms with Gasteiger partial charge in [-0.2, -0.15) is 0 Å². The van der Waals surface area contributed by atoms with Crippen molar-refractivity contribution in [1.29, 1.82) is 0 Å². The first kappa shape index (κ1) is 23.7. The normalized spacial score (nSPS) is 17.3. The molecular weight excluding hydrogens is 450 g/mol. The van der Waals surface area contributed by atoms with E-state index in [1.54, 1.807) is 25.1 Å². The van der Waals surface area contributed by atoms with Crippen LogP contribution in [-0.4, -0.2) is 42.8 Å². The summed E-state index contributed by atoms with van der Waals surface area (Å²) in [5, 5.41) is 13.9. The summed E-state index contributed by atoms with van der Waals surface area (Å²) >= 11 is 0. The number of fused-ring (bicyclic) bond motifs is 1. The van der Waals surface area contributed by atoms with Gasteiger partial charge in [0.05, 0.1) is 40.9 Å². The molecule has 3 aromatic rings. The fraction of sp³-hybridized carbons (Fsp3) is 0.231. The molecule has 1 heterocycles. The second-order valence-corrected chi connectivity index (χ2v) is 10.2. The van der Waals surface area contributed by atoms with Crippen molar-refractivity contribution >= 4 is 32.5 Å². The number of aromatic nitrogens is 1. The van der Waals surface area contributed by atoms with E-state index < -0.39 is 28.1 Å². The SMILES string of the molecule is C[C@H](O)[C@H](NC(=O)c1c(NS(C)(=O)=O)c(-c2ccccc2)nc2ccccc12)C1C=CC=CC1. The zero-order valence-corrected chi connectivity index (χ0v) is 19.8. The molecular formula is C26H27N3O4S. The highest BCUT2D eigenvalue weighted by atomic mass is 32.2. The zero-order valence-electron chi connectivity index (χ0n) is 19.0. The minimum Gasteiger partial charge on any atom is -0.391 e. The number of para-hydroxylation sites is 1. The molecule has 34 heavy (non-hydrogen) atoms. The average Bonchev–Trinajstić information content (AvgIpc) is 2.82. The minimum atomic E-state index is -3.74. The van der Waals surface area contributed by atoms with Crippen LogP contribution >= 0.6 is 0 Å². The summed E-state index contributed by atoms with van der Waals surface area (Å²) in [6, 6.07) is 15.7. The van der Waals surface area contributed by atoms with Crippen LogP contribution in [0.1, 0.15) is 23.7 Å². The van der Waals surface area contributed by atoms with Crippen molar-refractivity contribution in [2.45, 2.75) is 25.5 Å². The molecule has 3 atom stereocenters. The topological polar surface area (TPSA) is 108 Å². The van der Waals surface area contributed by atoms with Crippen molar-refractivity contribution in [3.05, 3.63) is 84.5 Å². The van der Waals surface area contributed by atoms with Gasteiger partial charge >= 0.3 is 0 Å². The van der Waals surface area contributed by atoms with E-state index in [0.717, 1.165) is 6.26 Å². The van der Waals surface area contributed by atoms with E-state index in [2.05, 4.69) is 10.0 Å². The Morgan fingerprint density at radius 2 is 1.79 bits per heavy atom. The second-order valence-electron chi connectivity index (χ2n) is 8.42. The van der Waals surface area contributed by atoms with Crippen molar-refractivity contribution in [2.75, 3.05) is 11.0 Å². The first-order valence-electron chi connectivity index (χ1n) is 11.0. The Bertz CT molecular complexity index is 1370. The molecule has 1 aliphatic rings. The van der Waals surface area contributed by atoms with Crippen molar-refractivity contribution in [3.8, 4) is 11.3 Å². The number of anilines is 1. The molecule has 0 saturated carbocycles. The lowest BCUT2D eigenvalue weighted by Gasteiger charge is -2.29. The number of carbonyl (C=O) groups excluding carboxylic acids is 1. The van der Waals surface area contributed by atoms with E-state index in [4.69, 9.17) is 4.98 Å². The molecule has 4 rings (SSSR count). The number of nitrogens with zero attached hydrogens (tertiary/aromatic N) is 1. The van der Waals surface area contributed by atoms with Crippen LogP contribution in [0.15, 0.2) is 78.9 Å². The number of rotatable bonds is 7. The molecule has 1 aliphatic carbocycles. The Kier molecular flexibility index (Phi) is 6.81. The number of amides is 1. The first-order chi connectivity index (χ1) is 16.2. The Labute approximate surface area is 199 Å². The van der Waals surface area contributed by atoms with Gasteiger partial charge < -0.3 is 10.4 Å². The monoisotopic (exact) mass is 477 g/mol. The number of benzene rings is 2. The quantitative estimate of drug-likeness (QED) is 0.479. The van der Waals surface area contributed by atoms with Gasteiger partial charge in [-0.1, -0.05) is 72.8 Å². The highest BCUT2D eigenvalue weighted by Crippen LogP contribution is 2.35. The van der Waals surface area contributed by atoms with Crippen LogP contribution in [-0.2, 0) is 10.0 Å². The van der Waals surface area contributed by atoms with Crippen LogP contribution in [0.2, 0.25) is 0 Å². The number of nitrogens with one attached hydrogen (secondary N) is 2. The largest absolute Gasteiger partial charge is 0.391 e. The summed E-state index contributed by atoms with van der Waals surface area (Å²) in [6.45, 7) is 1.63. The Morgan fingerprint density at radius 3 is 2.44 bits per heavy atom. The van der Waals surface area contributed by atoms with E-state index in [0.29, 0.717) is 28.6 Å². The third-order valence-electron chi connectivity index (χ3n) is 5.75. The molecule has 0 saturated heterocycles. The fourth-order valence-electron chi connectivity index (χ4n) is 4.21. The number of carbonyl (C=O) groups is 1. The van der Waals surface area contributed by atoms with Gasteiger partial charge in [-0.25, -0.2) is 13.4 Å². The molecule has 0 bridgehead atoms. The maximum absolute atomic E-state index is 13.8. The lowest BCUT2D eigenvalue weighted by Crippen LogP contribution is -2.47. The third kappa shape index (κ3) is 5.18.